The van der Waals surface area contributed by atoms with Crippen molar-refractivity contribution < 1.29 is 9.59 Å². The molecule has 31 heavy (non-hydrogen) atoms. The van der Waals surface area contributed by atoms with Crippen LogP contribution < -0.4 is 9.80 Å². The summed E-state index contributed by atoms with van der Waals surface area (Å²) in [4.78, 5) is 41.1. The summed E-state index contributed by atoms with van der Waals surface area (Å²) in [5.41, 5.74) is 2.44. The Labute approximate surface area is 180 Å². The lowest BCUT2D eigenvalue weighted by atomic mass is 10.1. The molecule has 7 nitrogen and oxygen atoms in total. The van der Waals surface area contributed by atoms with Gasteiger partial charge in [-0.05, 0) is 29.8 Å². The van der Waals surface area contributed by atoms with Crippen LogP contribution in [-0.2, 0) is 11.2 Å². The molecule has 1 aromatic heterocycles. The van der Waals surface area contributed by atoms with Gasteiger partial charge in [0.15, 0.2) is 0 Å². The molecule has 2 aliphatic rings. The fraction of sp³-hybridized carbons (Fsp3) is 0.250. The van der Waals surface area contributed by atoms with Crippen LogP contribution in [0.25, 0.3) is 0 Å². The third-order valence-electron chi connectivity index (χ3n) is 5.93. The molecule has 3 aromatic rings. The lowest BCUT2D eigenvalue weighted by Gasteiger charge is -2.37. The smallest absolute Gasteiger partial charge is 0.259 e. The van der Waals surface area contributed by atoms with Crippen LogP contribution in [0.4, 0.5) is 11.6 Å². The average Bonchev–Trinajstić information content (AvgIpc) is 3.24. The van der Waals surface area contributed by atoms with Gasteiger partial charge in [-0.25, -0.2) is 9.97 Å². The van der Waals surface area contributed by atoms with Crippen LogP contribution in [0.5, 0.6) is 0 Å². The van der Waals surface area contributed by atoms with Crippen molar-refractivity contribution >= 4 is 23.5 Å². The number of hydrogen-bond donors (Lipinski definition) is 0. The van der Waals surface area contributed by atoms with Crippen molar-refractivity contribution in [2.75, 3.05) is 36.0 Å². The minimum Gasteiger partial charge on any atom is -0.337 e. The molecule has 1 unspecified atom stereocenters. The number of benzene rings is 2. The molecule has 5 rings (SSSR count). The van der Waals surface area contributed by atoms with E-state index in [1.165, 1.54) is 0 Å². The van der Waals surface area contributed by atoms with Gasteiger partial charge in [0.05, 0.1) is 0 Å². The summed E-state index contributed by atoms with van der Waals surface area (Å²) >= 11 is 0. The summed E-state index contributed by atoms with van der Waals surface area (Å²) in [6, 6.07) is 18.2. The standard InChI is InChI=1S/C24H23N5O2/c30-22(18-7-2-1-3-8-18)29-20-10-5-4-9-19(20)17-21(29)23(31)27-13-15-28(16-14-27)24-25-11-6-12-26-24/h1-12,21H,13-17H2. The Bertz CT molecular complexity index is 1080. The zero-order valence-corrected chi connectivity index (χ0v) is 17.1. The molecule has 0 radical (unpaired) electrons. The SMILES string of the molecule is O=C(C1Cc2ccccc2N1C(=O)c1ccccc1)N1CCN(c2ncccn2)CC1. The predicted molar refractivity (Wildman–Crippen MR) is 118 cm³/mol. The first kappa shape index (κ1) is 19.2. The Morgan fingerprint density at radius 2 is 1.48 bits per heavy atom. The fourth-order valence-corrected chi connectivity index (χ4v) is 4.35. The van der Waals surface area contributed by atoms with Crippen molar-refractivity contribution in [1.82, 2.24) is 14.9 Å². The second-order valence-corrected chi connectivity index (χ2v) is 7.75. The number of hydrogen-bond acceptors (Lipinski definition) is 5. The first-order valence-corrected chi connectivity index (χ1v) is 10.5. The molecule has 0 spiro atoms. The molecule has 3 heterocycles. The van der Waals surface area contributed by atoms with Gasteiger partial charge in [-0.3, -0.25) is 14.5 Å². The van der Waals surface area contributed by atoms with E-state index in [1.807, 2.05) is 47.4 Å². The molecule has 2 aromatic carbocycles. The Hall–Kier alpha value is -3.74. The Balaban J connectivity index is 1.36. The van der Waals surface area contributed by atoms with Gasteiger partial charge in [0.2, 0.25) is 11.9 Å². The number of piperazine rings is 1. The maximum Gasteiger partial charge on any atom is 0.259 e. The Morgan fingerprint density at radius 3 is 2.23 bits per heavy atom. The van der Waals surface area contributed by atoms with Gasteiger partial charge in [0.1, 0.15) is 6.04 Å². The molecule has 0 aliphatic carbocycles. The normalized spacial score (nSPS) is 18.1. The third-order valence-corrected chi connectivity index (χ3v) is 5.93. The van der Waals surface area contributed by atoms with E-state index in [-0.39, 0.29) is 11.8 Å². The molecular weight excluding hydrogens is 390 g/mol. The number of anilines is 2. The van der Waals surface area contributed by atoms with Crippen LogP contribution in [0.2, 0.25) is 0 Å². The number of carbonyl (C=O) groups excluding carboxylic acids is 2. The highest BCUT2D eigenvalue weighted by Gasteiger charge is 2.41. The molecule has 7 heteroatoms. The number of amides is 2. The summed E-state index contributed by atoms with van der Waals surface area (Å²) in [6.45, 7) is 2.50. The number of para-hydroxylation sites is 1. The summed E-state index contributed by atoms with van der Waals surface area (Å²) < 4.78 is 0. The van der Waals surface area contributed by atoms with E-state index < -0.39 is 6.04 Å². The van der Waals surface area contributed by atoms with E-state index in [0.29, 0.717) is 44.1 Å². The first-order chi connectivity index (χ1) is 15.2. The van der Waals surface area contributed by atoms with Crippen LogP contribution in [0.1, 0.15) is 15.9 Å². The first-order valence-electron chi connectivity index (χ1n) is 10.5. The van der Waals surface area contributed by atoms with Crippen LogP contribution in [0, 0.1) is 0 Å². The molecule has 1 saturated heterocycles. The number of rotatable bonds is 3. The van der Waals surface area contributed by atoms with Gasteiger partial charge in [-0.1, -0.05) is 36.4 Å². The minimum atomic E-state index is -0.523. The van der Waals surface area contributed by atoms with E-state index in [1.54, 1.807) is 35.5 Å². The topological polar surface area (TPSA) is 69.6 Å². The van der Waals surface area contributed by atoms with Crippen molar-refractivity contribution in [3.05, 3.63) is 84.2 Å². The quantitative estimate of drug-likeness (QED) is 0.660. The van der Waals surface area contributed by atoms with E-state index in [9.17, 15) is 9.59 Å². The second kappa shape index (κ2) is 8.18. The van der Waals surface area contributed by atoms with E-state index in [4.69, 9.17) is 0 Å². The zero-order valence-electron chi connectivity index (χ0n) is 17.1. The van der Waals surface area contributed by atoms with Gasteiger partial charge in [-0.15, -0.1) is 0 Å². The number of aromatic nitrogens is 2. The van der Waals surface area contributed by atoms with Crippen LogP contribution >= 0.6 is 0 Å². The zero-order chi connectivity index (χ0) is 21.2. The molecule has 2 amide bonds. The molecule has 2 aliphatic heterocycles. The monoisotopic (exact) mass is 413 g/mol. The average molecular weight is 413 g/mol. The van der Waals surface area contributed by atoms with Gasteiger partial charge < -0.3 is 9.80 Å². The van der Waals surface area contributed by atoms with Crippen molar-refractivity contribution in [2.45, 2.75) is 12.5 Å². The number of nitrogens with zero attached hydrogens (tertiary/aromatic N) is 5. The summed E-state index contributed by atoms with van der Waals surface area (Å²) in [5, 5.41) is 0. The van der Waals surface area contributed by atoms with Crippen LogP contribution in [-0.4, -0.2) is 58.9 Å². The molecular formula is C24H23N5O2. The fourth-order valence-electron chi connectivity index (χ4n) is 4.35. The lowest BCUT2D eigenvalue weighted by molar-refractivity contribution is -0.132. The van der Waals surface area contributed by atoms with Crippen LogP contribution in [0.15, 0.2) is 73.1 Å². The van der Waals surface area contributed by atoms with Gasteiger partial charge in [0.25, 0.3) is 5.91 Å². The van der Waals surface area contributed by atoms with E-state index in [0.717, 1.165) is 11.3 Å². The molecule has 0 bridgehead atoms. The third kappa shape index (κ3) is 3.63. The van der Waals surface area contributed by atoms with Crippen LogP contribution in [0.3, 0.4) is 0 Å². The Kier molecular flexibility index (Phi) is 5.08. The van der Waals surface area contributed by atoms with Crippen molar-refractivity contribution in [3.8, 4) is 0 Å². The molecule has 1 atom stereocenters. The number of carbonyl (C=O) groups is 2. The van der Waals surface area contributed by atoms with Gasteiger partial charge >= 0.3 is 0 Å². The minimum absolute atomic E-state index is 0.00545. The summed E-state index contributed by atoms with van der Waals surface area (Å²) in [5.74, 6) is 0.540. The maximum atomic E-state index is 13.5. The summed E-state index contributed by atoms with van der Waals surface area (Å²) in [6.07, 6.45) is 3.99. The maximum absolute atomic E-state index is 13.5. The lowest BCUT2D eigenvalue weighted by Crippen LogP contribution is -2.55. The van der Waals surface area contributed by atoms with E-state index in [2.05, 4.69) is 14.9 Å². The highest BCUT2D eigenvalue weighted by atomic mass is 16.2. The van der Waals surface area contributed by atoms with E-state index >= 15 is 0 Å². The van der Waals surface area contributed by atoms with Crippen molar-refractivity contribution in [3.63, 3.8) is 0 Å². The summed E-state index contributed by atoms with van der Waals surface area (Å²) in [7, 11) is 0. The molecule has 156 valence electrons. The van der Waals surface area contributed by atoms with Crippen molar-refractivity contribution in [2.24, 2.45) is 0 Å². The molecule has 0 N–H and O–H groups in total. The molecule has 0 saturated carbocycles. The highest BCUT2D eigenvalue weighted by molar-refractivity contribution is 6.11. The highest BCUT2D eigenvalue weighted by Crippen LogP contribution is 2.34. The number of fused-ring (bicyclic) bond motifs is 1. The second-order valence-electron chi connectivity index (χ2n) is 7.75. The van der Waals surface area contributed by atoms with Gasteiger partial charge in [0, 0.05) is 56.2 Å². The van der Waals surface area contributed by atoms with Crippen molar-refractivity contribution in [1.29, 1.82) is 0 Å². The largest absolute Gasteiger partial charge is 0.337 e. The predicted octanol–water partition coefficient (Wildman–Crippen LogP) is 2.40. The van der Waals surface area contributed by atoms with Gasteiger partial charge in [-0.2, -0.15) is 0 Å². The Morgan fingerprint density at radius 1 is 0.806 bits per heavy atom. The molecule has 1 fully saturated rings.